The molecule has 1 aliphatic carbocycles. The fraction of sp³-hybridized carbons (Fsp3) is 0.310. The molecule has 228 valence electrons. The molecule has 1 N–H and O–H groups in total. The zero-order valence-electron chi connectivity index (χ0n) is 22.8. The number of hydrogen-bond donors (Lipinski definition) is 1. The molecule has 1 atom stereocenters. The van der Waals surface area contributed by atoms with Crippen molar-refractivity contribution < 1.29 is 36.2 Å². The summed E-state index contributed by atoms with van der Waals surface area (Å²) in [5.41, 5.74) is 1.81. The van der Waals surface area contributed by atoms with Crippen LogP contribution >= 0.6 is 23.2 Å². The molecule has 0 unspecified atom stereocenters. The van der Waals surface area contributed by atoms with E-state index in [4.69, 9.17) is 32.7 Å². The van der Waals surface area contributed by atoms with Gasteiger partial charge in [0.05, 0.1) is 34.1 Å². The van der Waals surface area contributed by atoms with Gasteiger partial charge in [0.25, 0.3) is 0 Å². The second-order valence-corrected chi connectivity index (χ2v) is 12.7. The molecule has 0 spiro atoms. The Labute approximate surface area is 256 Å². The first kappa shape index (κ1) is 30.8. The van der Waals surface area contributed by atoms with Crippen LogP contribution in [0.2, 0.25) is 10.0 Å². The Kier molecular flexibility index (Phi) is 9.28. The number of ether oxygens (including phenoxy) is 3. The molecule has 9 nitrogen and oxygen atoms in total. The quantitative estimate of drug-likeness (QED) is 0.161. The highest BCUT2D eigenvalue weighted by molar-refractivity contribution is 7.92. The monoisotopic (exact) mass is 653 g/mol. The van der Waals surface area contributed by atoms with Crippen LogP contribution in [0.25, 0.3) is 10.9 Å². The molecule has 1 fully saturated rings. The van der Waals surface area contributed by atoms with Crippen molar-refractivity contribution in [3.63, 3.8) is 0 Å². The molecule has 0 saturated heterocycles. The first-order valence-electron chi connectivity index (χ1n) is 13.2. The average molecular weight is 655 g/mol. The third kappa shape index (κ3) is 8.07. The van der Waals surface area contributed by atoms with Gasteiger partial charge < -0.3 is 18.8 Å². The summed E-state index contributed by atoms with van der Waals surface area (Å²) in [6, 6.07) is 11.3. The summed E-state index contributed by atoms with van der Waals surface area (Å²) in [5, 5.41) is 1.10. The number of nitrogens with zero attached hydrogens (tertiary/aromatic N) is 2. The molecule has 0 amide bonds. The minimum atomic E-state index is -3.58. The number of rotatable bonds is 13. The molecular weight excluding hydrogens is 627 g/mol. The number of halogens is 4. The number of carbonyl (C=O) groups is 1. The molecular formula is C29H27Cl2F2N3O6S. The lowest BCUT2D eigenvalue weighted by molar-refractivity contribution is -0.150. The van der Waals surface area contributed by atoms with E-state index in [1.807, 2.05) is 0 Å². The molecule has 5 rings (SSSR count). The van der Waals surface area contributed by atoms with E-state index in [1.165, 1.54) is 36.8 Å². The molecule has 0 radical (unpaired) electrons. The number of carbonyl (C=O) groups excluding carboxylic acids is 1. The first-order valence-corrected chi connectivity index (χ1v) is 15.9. The van der Waals surface area contributed by atoms with Crippen LogP contribution in [0.15, 0.2) is 61.1 Å². The van der Waals surface area contributed by atoms with Gasteiger partial charge in [0.2, 0.25) is 10.0 Å². The van der Waals surface area contributed by atoms with Gasteiger partial charge in [-0.3, -0.25) is 14.5 Å². The molecule has 2 aromatic carbocycles. The van der Waals surface area contributed by atoms with Crippen LogP contribution in [-0.2, 0) is 32.5 Å². The highest BCUT2D eigenvalue weighted by Gasteiger charge is 2.26. The van der Waals surface area contributed by atoms with Crippen LogP contribution in [-0.4, -0.2) is 43.4 Å². The summed E-state index contributed by atoms with van der Waals surface area (Å²) in [6.07, 6.45) is 6.41. The normalized spacial score (nSPS) is 14.1. The number of anilines is 1. The van der Waals surface area contributed by atoms with Crippen LogP contribution in [0.5, 0.6) is 11.5 Å². The Morgan fingerprint density at radius 1 is 1.12 bits per heavy atom. The lowest BCUT2D eigenvalue weighted by Gasteiger charge is -2.22. The van der Waals surface area contributed by atoms with Gasteiger partial charge in [0.1, 0.15) is 12.6 Å². The Bertz CT molecular complexity index is 1730. The minimum Gasteiger partial charge on any atom is -0.489 e. The third-order valence-corrected chi connectivity index (χ3v) is 7.97. The number of sulfonamides is 1. The molecule has 0 aliphatic heterocycles. The topological polar surface area (TPSA) is 109 Å². The maximum absolute atomic E-state index is 13.4. The van der Waals surface area contributed by atoms with Crippen molar-refractivity contribution >= 4 is 55.8 Å². The fourth-order valence-corrected chi connectivity index (χ4v) is 5.64. The van der Waals surface area contributed by atoms with Crippen LogP contribution in [0.3, 0.4) is 0 Å². The van der Waals surface area contributed by atoms with Crippen molar-refractivity contribution in [2.75, 3.05) is 17.6 Å². The summed E-state index contributed by atoms with van der Waals surface area (Å²) < 4.78 is 70.5. The van der Waals surface area contributed by atoms with Crippen LogP contribution in [0.1, 0.15) is 30.1 Å². The molecule has 2 aromatic heterocycles. The average Bonchev–Trinajstić information content (AvgIpc) is 3.71. The van der Waals surface area contributed by atoms with Crippen LogP contribution < -0.4 is 14.2 Å². The Morgan fingerprint density at radius 2 is 1.84 bits per heavy atom. The summed E-state index contributed by atoms with van der Waals surface area (Å²) in [7, 11) is -3.58. The SMILES string of the molecule is CS(=O)(=O)Nc1cn(CC(=O)O[C@@H](Cc2c(Cl)cncc2Cl)c2ccc(OC(F)F)c(OCC3CC3)c2)c2ccccc12. The number of esters is 1. The molecule has 4 aromatic rings. The number of pyridine rings is 1. The third-order valence-electron chi connectivity index (χ3n) is 6.73. The summed E-state index contributed by atoms with van der Waals surface area (Å²) in [5.74, 6) is -0.379. The number of benzene rings is 2. The Morgan fingerprint density at radius 3 is 2.51 bits per heavy atom. The Balaban J connectivity index is 1.46. The number of para-hydroxylation sites is 1. The lowest BCUT2D eigenvalue weighted by atomic mass is 10.0. The molecule has 1 aliphatic rings. The standard InChI is InChI=1S/C29H27Cl2F2N3O6S/c1-43(38,39)35-23-14-36(24-5-3-2-4-19(23)24)15-28(37)41-26(11-20-21(30)12-34-13-22(20)31)18-8-9-25(42-29(32)33)27(10-18)40-16-17-6-7-17/h2-5,8-10,12-14,17,26,29,35H,6-7,11,15-16H2,1H3/t26-/m0/s1. The van der Waals surface area contributed by atoms with Crippen LogP contribution in [0, 0.1) is 5.92 Å². The van der Waals surface area contributed by atoms with Crippen molar-refractivity contribution in [3.8, 4) is 11.5 Å². The number of nitrogens with one attached hydrogen (secondary N) is 1. The number of alkyl halides is 2. The predicted molar refractivity (Wildman–Crippen MR) is 158 cm³/mol. The highest BCUT2D eigenvalue weighted by Crippen LogP contribution is 2.38. The summed E-state index contributed by atoms with van der Waals surface area (Å²) >= 11 is 12.8. The maximum Gasteiger partial charge on any atom is 0.387 e. The lowest BCUT2D eigenvalue weighted by Crippen LogP contribution is -2.19. The van der Waals surface area contributed by atoms with Gasteiger partial charge in [-0.05, 0) is 48.1 Å². The van der Waals surface area contributed by atoms with Gasteiger partial charge in [-0.25, -0.2) is 8.42 Å². The molecule has 14 heteroatoms. The van der Waals surface area contributed by atoms with Crippen molar-refractivity contribution in [1.29, 1.82) is 0 Å². The maximum atomic E-state index is 13.4. The predicted octanol–water partition coefficient (Wildman–Crippen LogP) is 6.63. The van der Waals surface area contributed by atoms with Gasteiger partial charge in [-0.15, -0.1) is 0 Å². The molecule has 43 heavy (non-hydrogen) atoms. The van der Waals surface area contributed by atoms with E-state index in [1.54, 1.807) is 28.8 Å². The molecule has 1 saturated carbocycles. The van der Waals surface area contributed by atoms with Gasteiger partial charge in [0, 0.05) is 30.4 Å². The largest absolute Gasteiger partial charge is 0.489 e. The van der Waals surface area contributed by atoms with E-state index in [0.717, 1.165) is 19.1 Å². The number of aromatic nitrogens is 2. The minimum absolute atomic E-state index is 0.0380. The zero-order valence-corrected chi connectivity index (χ0v) is 25.1. The van der Waals surface area contributed by atoms with E-state index in [-0.39, 0.29) is 34.5 Å². The molecule has 0 bridgehead atoms. The summed E-state index contributed by atoms with van der Waals surface area (Å²) in [6.45, 7) is -2.99. The first-order chi connectivity index (χ1) is 20.5. The van der Waals surface area contributed by atoms with Crippen molar-refractivity contribution in [3.05, 3.63) is 82.2 Å². The number of hydrogen-bond acceptors (Lipinski definition) is 7. The Hall–Kier alpha value is -3.61. The van der Waals surface area contributed by atoms with Crippen molar-refractivity contribution in [1.82, 2.24) is 9.55 Å². The van der Waals surface area contributed by atoms with Gasteiger partial charge >= 0.3 is 12.6 Å². The molecule has 2 heterocycles. The highest BCUT2D eigenvalue weighted by atomic mass is 35.5. The smallest absolute Gasteiger partial charge is 0.387 e. The zero-order chi connectivity index (χ0) is 30.7. The van der Waals surface area contributed by atoms with E-state index >= 15 is 0 Å². The van der Waals surface area contributed by atoms with E-state index < -0.39 is 28.7 Å². The van der Waals surface area contributed by atoms with Crippen molar-refractivity contribution in [2.24, 2.45) is 5.92 Å². The second-order valence-electron chi connectivity index (χ2n) is 10.2. The van der Waals surface area contributed by atoms with Gasteiger partial charge in [-0.2, -0.15) is 8.78 Å². The van der Waals surface area contributed by atoms with E-state index in [9.17, 15) is 22.0 Å². The van der Waals surface area contributed by atoms with E-state index in [0.29, 0.717) is 40.2 Å². The van der Waals surface area contributed by atoms with Crippen molar-refractivity contribution in [2.45, 2.75) is 38.5 Å². The van der Waals surface area contributed by atoms with E-state index in [2.05, 4.69) is 14.4 Å². The fourth-order valence-electron chi connectivity index (χ4n) is 4.56. The van der Waals surface area contributed by atoms with Gasteiger partial charge in [0.15, 0.2) is 11.5 Å². The second kappa shape index (κ2) is 12.9. The number of fused-ring (bicyclic) bond motifs is 1. The van der Waals surface area contributed by atoms with Crippen LogP contribution in [0.4, 0.5) is 14.5 Å². The summed E-state index contributed by atoms with van der Waals surface area (Å²) in [4.78, 5) is 17.4. The van der Waals surface area contributed by atoms with Gasteiger partial charge in [-0.1, -0.05) is 47.5 Å².